The molecule has 2 atom stereocenters. The summed E-state index contributed by atoms with van der Waals surface area (Å²) in [6.07, 6.45) is 4.01. The number of carbonyl (C=O) groups excluding carboxylic acids is 1. The molecule has 0 spiro atoms. The van der Waals surface area contributed by atoms with Crippen molar-refractivity contribution in [2.75, 3.05) is 6.54 Å². The van der Waals surface area contributed by atoms with E-state index in [9.17, 15) is 29.4 Å². The van der Waals surface area contributed by atoms with Crippen molar-refractivity contribution in [1.82, 2.24) is 14.8 Å². The summed E-state index contributed by atoms with van der Waals surface area (Å²) in [6, 6.07) is 0. The van der Waals surface area contributed by atoms with Crippen LogP contribution in [0.5, 0.6) is 0 Å². The fourth-order valence-corrected chi connectivity index (χ4v) is 4.30. The van der Waals surface area contributed by atoms with Crippen LogP contribution in [0, 0.1) is 5.92 Å². The highest BCUT2D eigenvalue weighted by Gasteiger charge is 2.75. The zero-order valence-electron chi connectivity index (χ0n) is 17.3. The van der Waals surface area contributed by atoms with E-state index in [0.29, 0.717) is 0 Å². The van der Waals surface area contributed by atoms with E-state index in [-0.39, 0.29) is 43.4 Å². The lowest BCUT2D eigenvalue weighted by molar-refractivity contribution is -0.955. The Kier molecular flexibility index (Phi) is 6.43. The smallest absolute Gasteiger partial charge is 0.546 e. The van der Waals surface area contributed by atoms with Crippen LogP contribution in [0.15, 0.2) is 36.6 Å². The average molecular weight is 457 g/mol. The molecular formula is C19H25ClN4O7. The molecule has 170 valence electrons. The number of carboxylic acid groups (broad SMARTS) is 3. The molecule has 12 heteroatoms. The highest BCUT2D eigenvalue weighted by atomic mass is 35.5. The highest BCUT2D eigenvalue weighted by molar-refractivity contribution is 5.95. The fourth-order valence-electron chi connectivity index (χ4n) is 4.30. The zero-order chi connectivity index (χ0) is 22.4. The van der Waals surface area contributed by atoms with Crippen molar-refractivity contribution < 1.29 is 51.5 Å². The Balaban J connectivity index is 0.00000341. The summed E-state index contributed by atoms with van der Waals surface area (Å²) >= 11 is 0. The van der Waals surface area contributed by atoms with E-state index in [1.54, 1.807) is 25.7 Å². The molecule has 3 N–H and O–H groups in total. The second-order valence-electron chi connectivity index (χ2n) is 7.72. The predicted octanol–water partition coefficient (Wildman–Crippen LogP) is -0.974. The minimum absolute atomic E-state index is 0. The van der Waals surface area contributed by atoms with Crippen molar-refractivity contribution in [1.29, 1.82) is 0 Å². The molecule has 0 saturated carbocycles. The maximum atomic E-state index is 13.3. The lowest BCUT2D eigenvalue weighted by atomic mass is 9.84. The third-order valence-electron chi connectivity index (χ3n) is 5.63. The normalized spacial score (nSPS) is 25.1. The number of Topliss-reactive ketones (excluding diaryl/α,β-unsaturated/α-hetero) is 1. The van der Waals surface area contributed by atoms with Crippen molar-refractivity contribution in [2.24, 2.45) is 5.92 Å². The van der Waals surface area contributed by atoms with Gasteiger partial charge in [-0.05, 0) is 12.2 Å². The quantitative estimate of drug-likeness (QED) is 0.413. The van der Waals surface area contributed by atoms with Gasteiger partial charge in [0.25, 0.3) is 0 Å². The SMILES string of the molecule is CCC1N(C(=O)O)C2=C[N+]1(C(=O)O)N2C1(C(=O)C(C)C)C=CN(CCC(=O)O)C=C1.[Cl-]. The number of quaternary nitrogens is 1. The van der Waals surface area contributed by atoms with Gasteiger partial charge >= 0.3 is 18.2 Å². The Morgan fingerprint density at radius 2 is 1.71 bits per heavy atom. The number of ketones is 1. The molecule has 1 fully saturated rings. The lowest BCUT2D eigenvalue weighted by Gasteiger charge is -2.49. The summed E-state index contributed by atoms with van der Waals surface area (Å²) < 4.78 is -0.819. The number of hydrogen-bond acceptors (Lipinski definition) is 6. The molecule has 1 saturated heterocycles. The topological polar surface area (TPSA) is 139 Å². The zero-order valence-corrected chi connectivity index (χ0v) is 18.1. The average Bonchev–Trinajstić information content (AvgIpc) is 3.17. The van der Waals surface area contributed by atoms with Gasteiger partial charge in [0.05, 0.1) is 6.42 Å². The molecule has 2 unspecified atom stereocenters. The molecule has 4 aliphatic rings. The van der Waals surface area contributed by atoms with Crippen LogP contribution in [-0.4, -0.2) is 76.9 Å². The Hall–Kier alpha value is -3.05. The van der Waals surface area contributed by atoms with Crippen LogP contribution in [-0.2, 0) is 9.59 Å². The monoisotopic (exact) mass is 456 g/mol. The minimum atomic E-state index is -1.52. The first-order valence-electron chi connectivity index (χ1n) is 9.61. The molecule has 0 aromatic heterocycles. The number of aliphatic carboxylic acids is 1. The lowest BCUT2D eigenvalue weighted by Crippen LogP contribution is -3.00. The molecule has 2 amide bonds. The molecule has 4 rings (SSSR count). The maximum Gasteiger partial charge on any atom is 0.546 e. The molecular weight excluding hydrogens is 432 g/mol. The highest BCUT2D eigenvalue weighted by Crippen LogP contribution is 2.53. The Morgan fingerprint density at radius 3 is 2.13 bits per heavy atom. The first-order chi connectivity index (χ1) is 14.0. The van der Waals surface area contributed by atoms with E-state index < -0.39 is 40.4 Å². The van der Waals surface area contributed by atoms with Crippen molar-refractivity contribution in [3.05, 3.63) is 36.6 Å². The Morgan fingerprint density at radius 1 is 1.13 bits per heavy atom. The molecule has 31 heavy (non-hydrogen) atoms. The van der Waals surface area contributed by atoms with E-state index >= 15 is 0 Å². The first kappa shape index (κ1) is 24.2. The number of rotatable bonds is 7. The molecule has 0 aromatic rings. The fraction of sp³-hybridized carbons (Fsp3) is 0.474. The van der Waals surface area contributed by atoms with Crippen molar-refractivity contribution in [3.8, 4) is 0 Å². The minimum Gasteiger partial charge on any atom is -1.00 e. The molecule has 0 radical (unpaired) electrons. The van der Waals surface area contributed by atoms with Crippen LogP contribution in [0.25, 0.3) is 0 Å². The van der Waals surface area contributed by atoms with Crippen LogP contribution in [0.2, 0.25) is 0 Å². The van der Waals surface area contributed by atoms with E-state index in [2.05, 4.69) is 0 Å². The number of halogens is 1. The Bertz CT molecular complexity index is 886. The van der Waals surface area contributed by atoms with Gasteiger partial charge in [0, 0.05) is 31.3 Å². The van der Waals surface area contributed by atoms with Gasteiger partial charge in [-0.3, -0.25) is 9.59 Å². The van der Waals surface area contributed by atoms with Gasteiger partial charge in [0.2, 0.25) is 12.0 Å². The van der Waals surface area contributed by atoms with E-state index in [1.807, 2.05) is 0 Å². The summed E-state index contributed by atoms with van der Waals surface area (Å²) in [4.78, 5) is 51.0. The first-order valence-corrected chi connectivity index (χ1v) is 9.61. The van der Waals surface area contributed by atoms with Crippen LogP contribution in [0.3, 0.4) is 0 Å². The summed E-state index contributed by atoms with van der Waals surface area (Å²) in [5.74, 6) is -1.61. The van der Waals surface area contributed by atoms with Crippen molar-refractivity contribution >= 4 is 23.9 Å². The van der Waals surface area contributed by atoms with Crippen LogP contribution in [0.1, 0.15) is 33.6 Å². The number of nitrogens with zero attached hydrogens (tertiary/aromatic N) is 4. The third kappa shape index (κ3) is 3.33. The van der Waals surface area contributed by atoms with Crippen LogP contribution in [0.4, 0.5) is 9.59 Å². The number of amides is 2. The van der Waals surface area contributed by atoms with Gasteiger partial charge in [0.1, 0.15) is 0 Å². The van der Waals surface area contributed by atoms with Crippen molar-refractivity contribution in [2.45, 2.75) is 45.3 Å². The van der Waals surface area contributed by atoms with E-state index in [1.165, 1.54) is 35.8 Å². The van der Waals surface area contributed by atoms with Gasteiger partial charge in [-0.25, -0.2) is 4.79 Å². The van der Waals surface area contributed by atoms with Crippen molar-refractivity contribution in [3.63, 3.8) is 0 Å². The summed E-state index contributed by atoms with van der Waals surface area (Å²) in [5.41, 5.74) is -1.52. The summed E-state index contributed by atoms with van der Waals surface area (Å²) in [7, 11) is 0. The molecule has 0 aromatic carbocycles. The maximum absolute atomic E-state index is 13.3. The number of hydrogen-bond donors (Lipinski definition) is 3. The second-order valence-corrected chi connectivity index (χ2v) is 7.72. The molecule has 0 aliphatic carbocycles. The van der Waals surface area contributed by atoms with E-state index in [0.717, 1.165) is 4.90 Å². The van der Waals surface area contributed by atoms with E-state index in [4.69, 9.17) is 5.11 Å². The second kappa shape index (κ2) is 8.23. The molecule has 4 heterocycles. The molecule has 11 nitrogen and oxygen atoms in total. The third-order valence-corrected chi connectivity index (χ3v) is 5.63. The Labute approximate surface area is 185 Å². The van der Waals surface area contributed by atoms with Gasteiger partial charge < -0.3 is 32.6 Å². The predicted molar refractivity (Wildman–Crippen MR) is 102 cm³/mol. The van der Waals surface area contributed by atoms with Gasteiger partial charge in [-0.15, -0.1) is 0 Å². The van der Waals surface area contributed by atoms with Gasteiger partial charge in [0.15, 0.2) is 17.5 Å². The molecule has 4 aliphatic heterocycles. The standard InChI is InChI=1S/C19H24N4O7.ClH/c1-4-14-21(17(27)28)13-11-23(14,18(29)30)22(13)19(16(26)12(2)3)6-9-20(10-7-19)8-5-15(24)25;/h6-7,9-12,14H,4-5,8H2,1-3H3,(H2-,24,25,27,28,29,30);1H. The number of fused-ring (bicyclic) bond motifs is 1. The molecule has 2 bridgehead atoms. The van der Waals surface area contributed by atoms with Crippen LogP contribution >= 0.6 is 0 Å². The van der Waals surface area contributed by atoms with Crippen LogP contribution < -0.4 is 12.4 Å². The number of carboxylic acids is 1. The summed E-state index contributed by atoms with van der Waals surface area (Å²) in [5, 5.41) is 30.0. The van der Waals surface area contributed by atoms with Gasteiger partial charge in [-0.2, -0.15) is 14.7 Å². The van der Waals surface area contributed by atoms with Gasteiger partial charge in [-0.1, -0.05) is 25.4 Å². The largest absolute Gasteiger partial charge is 1.00 e. The summed E-state index contributed by atoms with van der Waals surface area (Å²) in [6.45, 7) is 5.24. The number of carbonyl (C=O) groups is 4.